The largest absolute Gasteiger partial charge is 0.497 e. The number of hydrogen-bond acceptors (Lipinski definition) is 8. The van der Waals surface area contributed by atoms with Crippen LogP contribution in [0, 0.1) is 0 Å². The average Bonchev–Trinajstić information content (AvgIpc) is 3.50. The van der Waals surface area contributed by atoms with Crippen LogP contribution in [0.3, 0.4) is 0 Å². The summed E-state index contributed by atoms with van der Waals surface area (Å²) in [5.41, 5.74) is 7.29. The van der Waals surface area contributed by atoms with Gasteiger partial charge in [-0.05, 0) is 36.8 Å². The first kappa shape index (κ1) is 19.5. The number of benzene rings is 2. The Kier molecular flexibility index (Phi) is 4.88. The molecule has 0 N–H and O–H groups in total. The minimum Gasteiger partial charge on any atom is -0.497 e. The van der Waals surface area contributed by atoms with Gasteiger partial charge in [-0.25, -0.2) is 9.97 Å². The topological polar surface area (TPSA) is 63.6 Å². The molecule has 2 aromatic heterocycles. The van der Waals surface area contributed by atoms with Gasteiger partial charge >= 0.3 is 0 Å². The Bertz CT molecular complexity index is 1280. The molecule has 6 rings (SSSR count). The summed E-state index contributed by atoms with van der Waals surface area (Å²) in [6.07, 6.45) is 0.895. The fraction of sp³-hybridized carbons (Fsp3) is 0.292. The van der Waals surface area contributed by atoms with E-state index in [1.807, 2.05) is 17.6 Å². The maximum Gasteiger partial charge on any atom is 0.228 e. The molecule has 4 heterocycles. The van der Waals surface area contributed by atoms with Crippen molar-refractivity contribution in [2.45, 2.75) is 6.42 Å². The molecule has 0 bridgehead atoms. The zero-order valence-corrected chi connectivity index (χ0v) is 18.6. The number of nitrogens with zero attached hydrogens (tertiary/aromatic N) is 5. The van der Waals surface area contributed by atoms with Gasteiger partial charge in [0, 0.05) is 36.4 Å². The smallest absolute Gasteiger partial charge is 0.228 e. The second-order valence-corrected chi connectivity index (χ2v) is 8.80. The molecule has 0 amide bonds. The van der Waals surface area contributed by atoms with Crippen LogP contribution in [0.2, 0.25) is 0 Å². The van der Waals surface area contributed by atoms with Crippen LogP contribution in [-0.2, 0) is 11.2 Å². The van der Waals surface area contributed by atoms with Crippen molar-refractivity contribution < 1.29 is 9.47 Å². The molecule has 2 aliphatic rings. The van der Waals surface area contributed by atoms with Crippen molar-refractivity contribution >= 4 is 39.0 Å². The summed E-state index contributed by atoms with van der Waals surface area (Å²) >= 11 is 1.67. The molecule has 0 unspecified atom stereocenters. The van der Waals surface area contributed by atoms with E-state index in [1.54, 1.807) is 18.4 Å². The summed E-state index contributed by atoms with van der Waals surface area (Å²) in [5, 5.41) is 0. The molecular weight excluding hydrogens is 422 g/mol. The summed E-state index contributed by atoms with van der Waals surface area (Å²) in [5.74, 6) is 2.58. The number of morpholine rings is 1. The lowest BCUT2D eigenvalue weighted by molar-refractivity contribution is 0.122. The Balaban J connectivity index is 1.49. The summed E-state index contributed by atoms with van der Waals surface area (Å²) in [7, 11) is 1.69. The third kappa shape index (κ3) is 3.36. The van der Waals surface area contributed by atoms with Crippen molar-refractivity contribution in [2.75, 3.05) is 49.8 Å². The molecule has 0 aliphatic carbocycles. The predicted octanol–water partition coefficient (Wildman–Crippen LogP) is 4.29. The second kappa shape index (κ2) is 8.03. The van der Waals surface area contributed by atoms with Gasteiger partial charge in [-0.3, -0.25) is 0 Å². The highest BCUT2D eigenvalue weighted by Gasteiger charge is 2.29. The molecular formula is C24H23N5O2S. The Labute approximate surface area is 190 Å². The van der Waals surface area contributed by atoms with Gasteiger partial charge in [0.15, 0.2) is 0 Å². The molecule has 2 aliphatic heterocycles. The highest BCUT2D eigenvalue weighted by atomic mass is 32.1. The van der Waals surface area contributed by atoms with E-state index < -0.39 is 0 Å². The van der Waals surface area contributed by atoms with Gasteiger partial charge in [0.25, 0.3) is 0 Å². The standard InChI is InChI=1S/C24H23N5O2S/c1-30-18-4-2-3-16(13-18)22-19-7-8-29(17-5-6-20-21(14-17)32-15-25-20)23(19)27-24(26-22)28-9-11-31-12-10-28/h2-6,13-15H,7-12H2,1H3. The van der Waals surface area contributed by atoms with Gasteiger partial charge in [-0.2, -0.15) is 4.98 Å². The van der Waals surface area contributed by atoms with Crippen molar-refractivity contribution in [3.8, 4) is 17.0 Å². The maximum absolute atomic E-state index is 5.55. The molecule has 0 spiro atoms. The van der Waals surface area contributed by atoms with Gasteiger partial charge in [0.1, 0.15) is 11.6 Å². The van der Waals surface area contributed by atoms with Crippen molar-refractivity contribution in [1.82, 2.24) is 15.0 Å². The Morgan fingerprint density at radius 3 is 2.81 bits per heavy atom. The molecule has 0 radical (unpaired) electrons. The van der Waals surface area contributed by atoms with Crippen LogP contribution in [0.15, 0.2) is 48.0 Å². The summed E-state index contributed by atoms with van der Waals surface area (Å²) in [6, 6.07) is 14.6. The Morgan fingerprint density at radius 2 is 1.94 bits per heavy atom. The van der Waals surface area contributed by atoms with Crippen molar-refractivity contribution in [1.29, 1.82) is 0 Å². The van der Waals surface area contributed by atoms with Gasteiger partial charge in [0.05, 0.1) is 41.7 Å². The molecule has 0 saturated carbocycles. The molecule has 8 heteroatoms. The molecule has 4 aromatic rings. The first-order valence-corrected chi connectivity index (χ1v) is 11.7. The molecule has 2 aromatic carbocycles. The first-order chi connectivity index (χ1) is 15.8. The summed E-state index contributed by atoms with van der Waals surface area (Å²) in [6.45, 7) is 3.85. The highest BCUT2D eigenvalue weighted by molar-refractivity contribution is 7.16. The van der Waals surface area contributed by atoms with Gasteiger partial charge in [0.2, 0.25) is 5.95 Å². The number of methoxy groups -OCH3 is 1. The van der Waals surface area contributed by atoms with E-state index in [9.17, 15) is 0 Å². The second-order valence-electron chi connectivity index (χ2n) is 7.91. The number of thiazole rings is 1. The molecule has 1 saturated heterocycles. The lowest BCUT2D eigenvalue weighted by Crippen LogP contribution is -2.37. The van der Waals surface area contributed by atoms with E-state index in [-0.39, 0.29) is 0 Å². The van der Waals surface area contributed by atoms with E-state index in [0.717, 1.165) is 66.0 Å². The van der Waals surface area contributed by atoms with Crippen LogP contribution >= 0.6 is 11.3 Å². The summed E-state index contributed by atoms with van der Waals surface area (Å²) in [4.78, 5) is 19.1. The molecule has 162 valence electrons. The zero-order valence-electron chi connectivity index (χ0n) is 17.8. The van der Waals surface area contributed by atoms with Gasteiger partial charge in [-0.1, -0.05) is 12.1 Å². The number of rotatable bonds is 4. The van der Waals surface area contributed by atoms with E-state index in [0.29, 0.717) is 13.2 Å². The fourth-order valence-electron chi connectivity index (χ4n) is 4.42. The third-order valence-electron chi connectivity index (χ3n) is 6.08. The molecule has 7 nitrogen and oxygen atoms in total. The minimum atomic E-state index is 0.695. The fourth-order valence-corrected chi connectivity index (χ4v) is 5.13. The van der Waals surface area contributed by atoms with Crippen molar-refractivity contribution in [3.63, 3.8) is 0 Å². The van der Waals surface area contributed by atoms with Gasteiger partial charge in [-0.15, -0.1) is 11.3 Å². The van der Waals surface area contributed by atoms with Crippen LogP contribution in [0.1, 0.15) is 5.56 Å². The average molecular weight is 446 g/mol. The van der Waals surface area contributed by atoms with Crippen LogP contribution < -0.4 is 14.5 Å². The Morgan fingerprint density at radius 1 is 1.03 bits per heavy atom. The van der Waals surface area contributed by atoms with E-state index in [2.05, 4.69) is 45.1 Å². The molecule has 0 atom stereocenters. The van der Waals surface area contributed by atoms with Crippen molar-refractivity contribution in [3.05, 3.63) is 53.5 Å². The third-order valence-corrected chi connectivity index (χ3v) is 6.87. The van der Waals surface area contributed by atoms with Gasteiger partial charge < -0.3 is 19.3 Å². The van der Waals surface area contributed by atoms with Crippen LogP contribution in [0.4, 0.5) is 17.5 Å². The maximum atomic E-state index is 5.55. The number of ether oxygens (including phenoxy) is 2. The summed E-state index contributed by atoms with van der Waals surface area (Å²) < 4.78 is 12.2. The number of aromatic nitrogens is 3. The number of fused-ring (bicyclic) bond motifs is 2. The Hall–Kier alpha value is -3.23. The van der Waals surface area contributed by atoms with E-state index in [1.165, 1.54) is 10.3 Å². The van der Waals surface area contributed by atoms with Crippen LogP contribution in [0.5, 0.6) is 5.75 Å². The van der Waals surface area contributed by atoms with E-state index in [4.69, 9.17) is 19.4 Å². The quantitative estimate of drug-likeness (QED) is 0.464. The number of anilines is 3. The lowest BCUT2D eigenvalue weighted by Gasteiger charge is -2.28. The number of hydrogen-bond donors (Lipinski definition) is 0. The molecule has 32 heavy (non-hydrogen) atoms. The van der Waals surface area contributed by atoms with Crippen LogP contribution in [-0.4, -0.2) is 54.9 Å². The lowest BCUT2D eigenvalue weighted by atomic mass is 10.1. The van der Waals surface area contributed by atoms with Crippen molar-refractivity contribution in [2.24, 2.45) is 0 Å². The molecule has 1 fully saturated rings. The SMILES string of the molecule is COc1cccc(-c2nc(N3CCOCC3)nc3c2CCN3c2ccc3ncsc3c2)c1. The van der Waals surface area contributed by atoms with E-state index >= 15 is 0 Å². The first-order valence-electron chi connectivity index (χ1n) is 10.8. The normalized spacial score (nSPS) is 15.9. The predicted molar refractivity (Wildman–Crippen MR) is 127 cm³/mol. The monoisotopic (exact) mass is 445 g/mol. The minimum absolute atomic E-state index is 0.695. The van der Waals surface area contributed by atoms with Crippen LogP contribution in [0.25, 0.3) is 21.5 Å². The highest BCUT2D eigenvalue weighted by Crippen LogP contribution is 2.40. The zero-order chi connectivity index (χ0) is 21.5.